The van der Waals surface area contributed by atoms with Crippen LogP contribution in [-0.2, 0) is 4.79 Å². The molecule has 1 unspecified atom stereocenters. The molecule has 7 nitrogen and oxygen atoms in total. The minimum absolute atomic E-state index is 0.111. The molecule has 0 aliphatic carbocycles. The van der Waals surface area contributed by atoms with E-state index in [4.69, 9.17) is 4.74 Å². The summed E-state index contributed by atoms with van der Waals surface area (Å²) < 4.78 is 5.26. The van der Waals surface area contributed by atoms with Crippen LogP contribution in [0.25, 0.3) is 0 Å². The van der Waals surface area contributed by atoms with E-state index < -0.39 is 4.92 Å². The van der Waals surface area contributed by atoms with Crippen LogP contribution in [0.15, 0.2) is 24.3 Å². The van der Waals surface area contributed by atoms with Gasteiger partial charge in [-0.15, -0.1) is 0 Å². The Morgan fingerprint density at radius 2 is 2.21 bits per heavy atom. The van der Waals surface area contributed by atoms with E-state index in [2.05, 4.69) is 17.1 Å². The van der Waals surface area contributed by atoms with Crippen LogP contribution in [0.4, 0.5) is 5.69 Å². The van der Waals surface area contributed by atoms with Crippen molar-refractivity contribution in [1.82, 2.24) is 10.2 Å². The zero-order valence-electron chi connectivity index (χ0n) is 14.1. The number of hydrogen-bond acceptors (Lipinski definition) is 5. The molecule has 7 heteroatoms. The first-order chi connectivity index (χ1) is 11.6. The van der Waals surface area contributed by atoms with Gasteiger partial charge >= 0.3 is 5.69 Å². The third kappa shape index (κ3) is 5.49. The van der Waals surface area contributed by atoms with Gasteiger partial charge in [-0.25, -0.2) is 0 Å². The molecule has 1 fully saturated rings. The normalized spacial score (nSPS) is 18.1. The molecule has 1 amide bonds. The molecule has 0 saturated carbocycles. The van der Waals surface area contributed by atoms with Crippen molar-refractivity contribution >= 4 is 11.6 Å². The van der Waals surface area contributed by atoms with Crippen LogP contribution < -0.4 is 10.1 Å². The van der Waals surface area contributed by atoms with Gasteiger partial charge in [-0.2, -0.15) is 0 Å². The summed E-state index contributed by atoms with van der Waals surface area (Å²) >= 11 is 0. The van der Waals surface area contributed by atoms with Gasteiger partial charge < -0.3 is 15.0 Å². The van der Waals surface area contributed by atoms with Crippen molar-refractivity contribution in [1.29, 1.82) is 0 Å². The number of likely N-dealkylation sites (tertiary alicyclic amines) is 1. The highest BCUT2D eigenvalue weighted by Gasteiger charge is 2.17. The van der Waals surface area contributed by atoms with Crippen LogP contribution in [0, 0.1) is 10.1 Å². The summed E-state index contributed by atoms with van der Waals surface area (Å²) in [6.45, 7) is 4.73. The van der Waals surface area contributed by atoms with Crippen LogP contribution >= 0.6 is 0 Å². The molecule has 1 aromatic rings. The molecular weight excluding hydrogens is 310 g/mol. The Morgan fingerprint density at radius 1 is 1.42 bits per heavy atom. The molecule has 1 heterocycles. The predicted molar refractivity (Wildman–Crippen MR) is 91.1 cm³/mol. The number of nitro groups is 1. The first kappa shape index (κ1) is 18.2. The maximum absolute atomic E-state index is 11.8. The zero-order valence-corrected chi connectivity index (χ0v) is 14.1. The lowest BCUT2D eigenvalue weighted by Crippen LogP contribution is -2.39. The van der Waals surface area contributed by atoms with Crippen molar-refractivity contribution in [2.75, 3.05) is 26.2 Å². The fourth-order valence-electron chi connectivity index (χ4n) is 2.92. The second-order valence-corrected chi connectivity index (χ2v) is 6.10. The van der Waals surface area contributed by atoms with Crippen molar-refractivity contribution in [3.05, 3.63) is 34.4 Å². The number of nitrogens with zero attached hydrogens (tertiary/aromatic N) is 2. The van der Waals surface area contributed by atoms with Crippen LogP contribution in [-0.4, -0.2) is 48.0 Å². The standard InChI is InChI=1S/C17H25N3O4/c1-14-7-4-5-11-19(14)12-6-10-18-17(21)13-24-16-9-3-2-8-15(16)20(22)23/h2-3,8-9,14H,4-7,10-13H2,1H3,(H,18,21). The van der Waals surface area contributed by atoms with Gasteiger partial charge in [-0.05, 0) is 38.8 Å². The fraction of sp³-hybridized carbons (Fsp3) is 0.588. The Morgan fingerprint density at radius 3 is 2.96 bits per heavy atom. The number of rotatable bonds is 8. The number of piperidine rings is 1. The monoisotopic (exact) mass is 335 g/mol. The van der Waals surface area contributed by atoms with Crippen molar-refractivity contribution < 1.29 is 14.5 Å². The minimum atomic E-state index is -0.521. The number of hydrogen-bond donors (Lipinski definition) is 1. The molecule has 2 rings (SSSR count). The van der Waals surface area contributed by atoms with Crippen molar-refractivity contribution in [2.24, 2.45) is 0 Å². The molecule has 0 bridgehead atoms. The number of carbonyl (C=O) groups is 1. The smallest absolute Gasteiger partial charge is 0.310 e. The lowest BCUT2D eigenvalue weighted by Gasteiger charge is -2.33. The highest BCUT2D eigenvalue weighted by Crippen LogP contribution is 2.25. The van der Waals surface area contributed by atoms with Crippen molar-refractivity contribution in [3.8, 4) is 5.75 Å². The molecule has 0 aromatic heterocycles. The number of nitrogens with one attached hydrogen (secondary N) is 1. The van der Waals surface area contributed by atoms with Crippen molar-refractivity contribution in [2.45, 2.75) is 38.6 Å². The largest absolute Gasteiger partial charge is 0.477 e. The fourth-order valence-corrected chi connectivity index (χ4v) is 2.92. The number of nitro benzene ring substituents is 1. The lowest BCUT2D eigenvalue weighted by atomic mass is 10.0. The van der Waals surface area contributed by atoms with Crippen LogP contribution in [0.1, 0.15) is 32.6 Å². The van der Waals surface area contributed by atoms with Crippen LogP contribution in [0.2, 0.25) is 0 Å². The summed E-state index contributed by atoms with van der Waals surface area (Å²) in [5, 5.41) is 13.7. The molecule has 1 aromatic carbocycles. The Labute approximate surface area is 142 Å². The van der Waals surface area contributed by atoms with Crippen LogP contribution in [0.5, 0.6) is 5.75 Å². The predicted octanol–water partition coefficient (Wildman–Crippen LogP) is 2.35. The Balaban J connectivity index is 1.66. The molecule has 1 saturated heterocycles. The molecule has 0 radical (unpaired) electrons. The Hall–Kier alpha value is -2.15. The maximum atomic E-state index is 11.8. The average molecular weight is 335 g/mol. The summed E-state index contributed by atoms with van der Waals surface area (Å²) in [7, 11) is 0. The van der Waals surface area contributed by atoms with Gasteiger partial charge in [0.1, 0.15) is 0 Å². The second-order valence-electron chi connectivity index (χ2n) is 6.10. The number of benzene rings is 1. The van der Waals surface area contributed by atoms with E-state index >= 15 is 0 Å². The average Bonchev–Trinajstić information content (AvgIpc) is 2.58. The molecule has 1 atom stereocenters. The topological polar surface area (TPSA) is 84.7 Å². The van der Waals surface area contributed by atoms with E-state index in [1.54, 1.807) is 12.1 Å². The van der Waals surface area contributed by atoms with Gasteiger partial charge in [-0.1, -0.05) is 18.6 Å². The number of carbonyl (C=O) groups excluding carboxylic acids is 1. The molecule has 24 heavy (non-hydrogen) atoms. The second kappa shape index (κ2) is 9.22. The molecular formula is C17H25N3O4. The van der Waals surface area contributed by atoms with E-state index in [1.807, 2.05) is 0 Å². The lowest BCUT2D eigenvalue weighted by molar-refractivity contribution is -0.385. The minimum Gasteiger partial charge on any atom is -0.477 e. The number of ether oxygens (including phenoxy) is 1. The molecule has 1 aliphatic rings. The summed E-state index contributed by atoms with van der Waals surface area (Å²) in [5.41, 5.74) is -0.135. The van der Waals surface area contributed by atoms with Gasteiger partial charge in [0.25, 0.3) is 5.91 Å². The number of para-hydroxylation sites is 2. The molecule has 132 valence electrons. The summed E-state index contributed by atoms with van der Waals surface area (Å²) in [6.07, 6.45) is 4.69. The third-order valence-electron chi connectivity index (χ3n) is 4.31. The first-order valence-corrected chi connectivity index (χ1v) is 8.45. The quantitative estimate of drug-likeness (QED) is 0.448. The Bertz CT molecular complexity index is 565. The maximum Gasteiger partial charge on any atom is 0.310 e. The molecule has 1 aliphatic heterocycles. The van der Waals surface area contributed by atoms with Gasteiger partial charge in [0.05, 0.1) is 4.92 Å². The highest BCUT2D eigenvalue weighted by atomic mass is 16.6. The van der Waals surface area contributed by atoms with Crippen molar-refractivity contribution in [3.63, 3.8) is 0 Å². The van der Waals surface area contributed by atoms with E-state index in [-0.39, 0.29) is 24.0 Å². The van der Waals surface area contributed by atoms with Gasteiger partial charge in [0.2, 0.25) is 0 Å². The van der Waals surface area contributed by atoms with E-state index in [1.165, 1.54) is 31.4 Å². The molecule has 1 N–H and O–H groups in total. The number of amides is 1. The summed E-state index contributed by atoms with van der Waals surface area (Å²) in [4.78, 5) is 24.6. The van der Waals surface area contributed by atoms with E-state index in [9.17, 15) is 14.9 Å². The highest BCUT2D eigenvalue weighted by molar-refractivity contribution is 5.77. The third-order valence-corrected chi connectivity index (χ3v) is 4.31. The Kier molecular flexibility index (Phi) is 6.99. The van der Waals surface area contributed by atoms with Gasteiger partial charge in [0, 0.05) is 25.2 Å². The van der Waals surface area contributed by atoms with Gasteiger partial charge in [0.15, 0.2) is 12.4 Å². The summed E-state index contributed by atoms with van der Waals surface area (Å²) in [5.74, 6) is -0.153. The zero-order chi connectivity index (χ0) is 17.4. The van der Waals surface area contributed by atoms with Crippen LogP contribution in [0.3, 0.4) is 0 Å². The first-order valence-electron chi connectivity index (χ1n) is 8.45. The van der Waals surface area contributed by atoms with E-state index in [0.29, 0.717) is 12.6 Å². The van der Waals surface area contributed by atoms with E-state index in [0.717, 1.165) is 19.5 Å². The summed E-state index contributed by atoms with van der Waals surface area (Å²) in [6, 6.07) is 6.67. The SMILES string of the molecule is CC1CCCCN1CCCNC(=O)COc1ccccc1[N+](=O)[O-]. The van der Waals surface area contributed by atoms with Gasteiger partial charge in [-0.3, -0.25) is 14.9 Å². The molecule has 0 spiro atoms.